The summed E-state index contributed by atoms with van der Waals surface area (Å²) in [6, 6.07) is 5.15. The Balaban J connectivity index is 2.64. The zero-order valence-corrected chi connectivity index (χ0v) is 12.5. The molecule has 21 heavy (non-hydrogen) atoms. The van der Waals surface area contributed by atoms with E-state index in [0.717, 1.165) is 5.56 Å². The van der Waals surface area contributed by atoms with Crippen molar-refractivity contribution in [2.24, 2.45) is 0 Å². The van der Waals surface area contributed by atoms with Crippen molar-refractivity contribution in [1.29, 1.82) is 0 Å². The topological polar surface area (TPSA) is 84.9 Å². The van der Waals surface area contributed by atoms with E-state index in [4.69, 9.17) is 14.6 Å². The largest absolute Gasteiger partial charge is 0.497 e. The van der Waals surface area contributed by atoms with Crippen molar-refractivity contribution in [3.63, 3.8) is 0 Å². The third kappa shape index (κ3) is 5.33. The molecule has 0 spiro atoms. The summed E-state index contributed by atoms with van der Waals surface area (Å²) in [5.74, 6) is 0.234. The van der Waals surface area contributed by atoms with Crippen LogP contribution in [0.2, 0.25) is 0 Å². The van der Waals surface area contributed by atoms with E-state index < -0.39 is 5.97 Å². The number of carboxylic acid groups (broad SMARTS) is 1. The first-order valence-electron chi connectivity index (χ1n) is 6.71. The number of carboxylic acids is 1. The van der Waals surface area contributed by atoms with Gasteiger partial charge >= 0.3 is 5.97 Å². The van der Waals surface area contributed by atoms with Crippen LogP contribution in [-0.4, -0.2) is 31.2 Å². The van der Waals surface area contributed by atoms with Crippen molar-refractivity contribution >= 4 is 11.9 Å². The molecule has 0 heterocycles. The van der Waals surface area contributed by atoms with E-state index in [-0.39, 0.29) is 24.8 Å². The zero-order valence-electron chi connectivity index (χ0n) is 12.5. The van der Waals surface area contributed by atoms with Crippen molar-refractivity contribution in [1.82, 2.24) is 5.32 Å². The second-order valence-corrected chi connectivity index (χ2v) is 4.64. The van der Waals surface area contributed by atoms with Gasteiger partial charge in [0.1, 0.15) is 11.5 Å². The van der Waals surface area contributed by atoms with Crippen molar-refractivity contribution in [2.75, 3.05) is 14.2 Å². The molecule has 6 nitrogen and oxygen atoms in total. The molecule has 0 bridgehead atoms. The fourth-order valence-electron chi connectivity index (χ4n) is 1.97. The number of amides is 1. The monoisotopic (exact) mass is 295 g/mol. The van der Waals surface area contributed by atoms with Gasteiger partial charge in [0, 0.05) is 24.5 Å². The van der Waals surface area contributed by atoms with E-state index in [0.29, 0.717) is 17.9 Å². The molecule has 2 N–H and O–H groups in total. The maximum Gasteiger partial charge on any atom is 0.303 e. The van der Waals surface area contributed by atoms with Gasteiger partial charge in [0.2, 0.25) is 5.91 Å². The third-order valence-corrected chi connectivity index (χ3v) is 3.08. The second-order valence-electron chi connectivity index (χ2n) is 4.64. The fraction of sp³-hybridized carbons (Fsp3) is 0.467. The molecular formula is C15H21NO5. The molecule has 1 atom stereocenters. The SMILES string of the molecule is COc1ccc(C(C)NC(=O)CCCC(=O)O)c(OC)c1. The number of ether oxygens (including phenoxy) is 2. The average Bonchev–Trinajstić information content (AvgIpc) is 2.45. The Morgan fingerprint density at radius 3 is 2.52 bits per heavy atom. The lowest BCUT2D eigenvalue weighted by atomic mass is 10.1. The first-order valence-corrected chi connectivity index (χ1v) is 6.71. The minimum Gasteiger partial charge on any atom is -0.497 e. The van der Waals surface area contributed by atoms with Crippen molar-refractivity contribution in [3.8, 4) is 11.5 Å². The summed E-state index contributed by atoms with van der Waals surface area (Å²) in [6.07, 6.45) is 0.510. The van der Waals surface area contributed by atoms with Crippen LogP contribution in [-0.2, 0) is 9.59 Å². The van der Waals surface area contributed by atoms with E-state index in [1.54, 1.807) is 26.4 Å². The normalized spacial score (nSPS) is 11.6. The van der Waals surface area contributed by atoms with E-state index >= 15 is 0 Å². The lowest BCUT2D eigenvalue weighted by Crippen LogP contribution is -2.26. The maximum absolute atomic E-state index is 11.8. The van der Waals surface area contributed by atoms with Crippen LogP contribution < -0.4 is 14.8 Å². The predicted octanol–water partition coefficient (Wildman–Crippen LogP) is 2.14. The Kier molecular flexibility index (Phi) is 6.52. The van der Waals surface area contributed by atoms with Gasteiger partial charge in [0.05, 0.1) is 20.3 Å². The van der Waals surface area contributed by atoms with E-state index in [2.05, 4.69) is 5.32 Å². The van der Waals surface area contributed by atoms with Gasteiger partial charge < -0.3 is 19.9 Å². The quantitative estimate of drug-likeness (QED) is 0.767. The summed E-state index contributed by atoms with van der Waals surface area (Å²) in [6.45, 7) is 1.85. The van der Waals surface area contributed by atoms with Crippen molar-refractivity contribution in [2.45, 2.75) is 32.2 Å². The summed E-state index contributed by atoms with van der Waals surface area (Å²) in [4.78, 5) is 22.2. The summed E-state index contributed by atoms with van der Waals surface area (Å²) in [5.41, 5.74) is 0.838. The summed E-state index contributed by atoms with van der Waals surface area (Å²) >= 11 is 0. The number of nitrogens with one attached hydrogen (secondary N) is 1. The van der Waals surface area contributed by atoms with Crippen molar-refractivity contribution in [3.05, 3.63) is 23.8 Å². The van der Waals surface area contributed by atoms with Crippen LogP contribution in [0, 0.1) is 0 Å². The van der Waals surface area contributed by atoms with Crippen molar-refractivity contribution < 1.29 is 24.2 Å². The zero-order chi connectivity index (χ0) is 15.8. The Morgan fingerprint density at radius 2 is 1.95 bits per heavy atom. The lowest BCUT2D eigenvalue weighted by Gasteiger charge is -2.18. The second kappa shape index (κ2) is 8.14. The van der Waals surface area contributed by atoms with E-state index in [9.17, 15) is 9.59 Å². The molecule has 0 saturated carbocycles. The van der Waals surface area contributed by atoms with Gasteiger partial charge in [-0.2, -0.15) is 0 Å². The molecule has 1 amide bonds. The number of hydrogen-bond acceptors (Lipinski definition) is 4. The first kappa shape index (κ1) is 16.8. The number of rotatable bonds is 8. The fourth-order valence-corrected chi connectivity index (χ4v) is 1.97. The molecule has 0 saturated heterocycles. The number of hydrogen-bond donors (Lipinski definition) is 2. The van der Waals surface area contributed by atoms with Crippen LogP contribution in [0.4, 0.5) is 0 Å². The standard InChI is InChI=1S/C15H21NO5/c1-10(16-14(17)5-4-6-15(18)19)12-8-7-11(20-2)9-13(12)21-3/h7-10H,4-6H2,1-3H3,(H,16,17)(H,18,19). The summed E-state index contributed by atoms with van der Waals surface area (Å²) in [5, 5.41) is 11.4. The van der Waals surface area contributed by atoms with Crippen LogP contribution in [0.25, 0.3) is 0 Å². The minimum atomic E-state index is -0.896. The number of methoxy groups -OCH3 is 2. The van der Waals surface area contributed by atoms with Gasteiger partial charge in [-0.25, -0.2) is 0 Å². The number of aliphatic carboxylic acids is 1. The minimum absolute atomic E-state index is 0.00629. The highest BCUT2D eigenvalue weighted by molar-refractivity contribution is 5.77. The molecule has 0 aliphatic carbocycles. The maximum atomic E-state index is 11.8. The van der Waals surface area contributed by atoms with Gasteiger partial charge in [-0.3, -0.25) is 9.59 Å². The Hall–Kier alpha value is -2.24. The van der Waals surface area contributed by atoms with Gasteiger partial charge in [-0.15, -0.1) is 0 Å². The van der Waals surface area contributed by atoms with Gasteiger partial charge in [-0.05, 0) is 25.5 Å². The Labute approximate surface area is 124 Å². The van der Waals surface area contributed by atoms with Crippen LogP contribution in [0.15, 0.2) is 18.2 Å². The molecule has 1 rings (SSSR count). The van der Waals surface area contributed by atoms with Crippen LogP contribution >= 0.6 is 0 Å². The Bertz CT molecular complexity index is 501. The molecule has 0 aliphatic rings. The first-order chi connectivity index (χ1) is 9.97. The highest BCUT2D eigenvalue weighted by Gasteiger charge is 2.15. The molecule has 116 valence electrons. The van der Waals surface area contributed by atoms with Gasteiger partial charge in [0.25, 0.3) is 0 Å². The van der Waals surface area contributed by atoms with E-state index in [1.165, 1.54) is 0 Å². The van der Waals surface area contributed by atoms with Gasteiger partial charge in [0.15, 0.2) is 0 Å². The molecule has 0 radical (unpaired) electrons. The smallest absolute Gasteiger partial charge is 0.303 e. The van der Waals surface area contributed by atoms with Crippen LogP contribution in [0.1, 0.15) is 37.8 Å². The lowest BCUT2D eigenvalue weighted by molar-refractivity contribution is -0.137. The molecular weight excluding hydrogens is 274 g/mol. The van der Waals surface area contributed by atoms with Crippen LogP contribution in [0.3, 0.4) is 0 Å². The summed E-state index contributed by atoms with van der Waals surface area (Å²) < 4.78 is 10.4. The third-order valence-electron chi connectivity index (χ3n) is 3.08. The van der Waals surface area contributed by atoms with Crippen LogP contribution in [0.5, 0.6) is 11.5 Å². The summed E-state index contributed by atoms with van der Waals surface area (Å²) in [7, 11) is 3.13. The number of carbonyl (C=O) groups excluding carboxylic acids is 1. The molecule has 0 fully saturated rings. The highest BCUT2D eigenvalue weighted by Crippen LogP contribution is 2.29. The predicted molar refractivity (Wildman–Crippen MR) is 77.6 cm³/mol. The number of carbonyl (C=O) groups is 2. The highest BCUT2D eigenvalue weighted by atomic mass is 16.5. The molecule has 1 unspecified atom stereocenters. The Morgan fingerprint density at radius 1 is 1.24 bits per heavy atom. The molecule has 0 aromatic heterocycles. The van der Waals surface area contributed by atoms with E-state index in [1.807, 2.05) is 13.0 Å². The molecule has 1 aromatic rings. The molecule has 1 aromatic carbocycles. The van der Waals surface area contributed by atoms with Gasteiger partial charge in [-0.1, -0.05) is 0 Å². The average molecular weight is 295 g/mol. The molecule has 6 heteroatoms. The number of benzene rings is 1. The molecule has 0 aliphatic heterocycles.